The van der Waals surface area contributed by atoms with E-state index in [1.807, 2.05) is 18.5 Å². The van der Waals surface area contributed by atoms with Crippen LogP contribution in [0.1, 0.15) is 31.2 Å². The second-order valence-corrected chi connectivity index (χ2v) is 8.55. The summed E-state index contributed by atoms with van der Waals surface area (Å²) >= 11 is 0. The van der Waals surface area contributed by atoms with E-state index in [0.717, 1.165) is 57.7 Å². The van der Waals surface area contributed by atoms with Gasteiger partial charge in [0.2, 0.25) is 6.43 Å². The quantitative estimate of drug-likeness (QED) is 0.713. The number of anilines is 2. The maximum atomic E-state index is 13.2. The smallest absolute Gasteiger partial charge is 0.241 e. The Morgan fingerprint density at radius 1 is 1.00 bits per heavy atom. The number of piperazine rings is 1. The molecule has 1 saturated heterocycles. The van der Waals surface area contributed by atoms with Crippen LogP contribution in [0.15, 0.2) is 48.8 Å². The zero-order valence-electron chi connectivity index (χ0n) is 17.5. The van der Waals surface area contributed by atoms with E-state index in [2.05, 4.69) is 50.4 Å². The van der Waals surface area contributed by atoms with E-state index < -0.39 is 12.3 Å². The van der Waals surface area contributed by atoms with Crippen molar-refractivity contribution < 1.29 is 8.78 Å². The fourth-order valence-corrected chi connectivity index (χ4v) is 4.73. The molecule has 1 saturated carbocycles. The molecule has 2 aliphatic rings. The summed E-state index contributed by atoms with van der Waals surface area (Å²) in [6, 6.07) is 12.7. The third kappa shape index (κ3) is 5.48. The Morgan fingerprint density at radius 3 is 2.53 bits per heavy atom. The van der Waals surface area contributed by atoms with Crippen LogP contribution in [-0.4, -0.2) is 55.1 Å². The standard InChI is InChI=1S/C24H32F2N4/c25-24(26)20-4-3-5-21(18-20)28-22-6-1-2-7-23(22)30-16-14-29(15-17-30)13-10-19-8-11-27-12-9-19/h1-2,6-9,11-12,20-21,24,28H,3-5,10,13-18H2. The van der Waals surface area contributed by atoms with E-state index in [4.69, 9.17) is 0 Å². The topological polar surface area (TPSA) is 31.4 Å². The molecular formula is C24H32F2N4. The predicted molar refractivity (Wildman–Crippen MR) is 118 cm³/mol. The maximum absolute atomic E-state index is 13.2. The van der Waals surface area contributed by atoms with Gasteiger partial charge in [-0.15, -0.1) is 0 Å². The monoisotopic (exact) mass is 414 g/mol. The van der Waals surface area contributed by atoms with E-state index in [-0.39, 0.29) is 6.04 Å². The summed E-state index contributed by atoms with van der Waals surface area (Å²) in [5.41, 5.74) is 3.62. The van der Waals surface area contributed by atoms with Crippen molar-refractivity contribution in [2.75, 3.05) is 42.9 Å². The zero-order valence-corrected chi connectivity index (χ0v) is 17.5. The first-order valence-electron chi connectivity index (χ1n) is 11.2. The number of aromatic nitrogens is 1. The third-order valence-corrected chi connectivity index (χ3v) is 6.51. The van der Waals surface area contributed by atoms with Crippen molar-refractivity contribution in [3.63, 3.8) is 0 Å². The number of nitrogens with zero attached hydrogens (tertiary/aromatic N) is 3. The molecule has 2 unspecified atom stereocenters. The van der Waals surface area contributed by atoms with Crippen molar-refractivity contribution in [3.05, 3.63) is 54.4 Å². The molecule has 2 atom stereocenters. The Kier molecular flexibility index (Phi) is 7.16. The maximum Gasteiger partial charge on any atom is 0.241 e. The Balaban J connectivity index is 1.32. The molecule has 162 valence electrons. The molecule has 4 rings (SSSR count). The van der Waals surface area contributed by atoms with Gasteiger partial charge in [0, 0.05) is 57.1 Å². The van der Waals surface area contributed by atoms with Crippen LogP contribution in [0.5, 0.6) is 0 Å². The van der Waals surface area contributed by atoms with Gasteiger partial charge in [0.15, 0.2) is 0 Å². The van der Waals surface area contributed by atoms with E-state index >= 15 is 0 Å². The summed E-state index contributed by atoms with van der Waals surface area (Å²) in [6.45, 7) is 5.11. The van der Waals surface area contributed by atoms with Crippen LogP contribution in [0, 0.1) is 5.92 Å². The minimum atomic E-state index is -2.20. The molecule has 1 aromatic heterocycles. The highest BCUT2D eigenvalue weighted by molar-refractivity contribution is 5.70. The summed E-state index contributed by atoms with van der Waals surface area (Å²) in [6.07, 6.45) is 5.62. The summed E-state index contributed by atoms with van der Waals surface area (Å²) < 4.78 is 26.3. The summed E-state index contributed by atoms with van der Waals surface area (Å²) in [7, 11) is 0. The van der Waals surface area contributed by atoms with Gasteiger partial charge in [-0.3, -0.25) is 9.88 Å². The number of rotatable bonds is 7. The highest BCUT2D eigenvalue weighted by Gasteiger charge is 2.29. The van der Waals surface area contributed by atoms with Crippen molar-refractivity contribution >= 4 is 11.4 Å². The van der Waals surface area contributed by atoms with Crippen LogP contribution in [0.2, 0.25) is 0 Å². The van der Waals surface area contributed by atoms with Gasteiger partial charge < -0.3 is 10.2 Å². The molecule has 2 heterocycles. The first-order valence-corrected chi connectivity index (χ1v) is 11.2. The van der Waals surface area contributed by atoms with Gasteiger partial charge in [-0.05, 0) is 55.5 Å². The molecule has 1 N–H and O–H groups in total. The Bertz CT molecular complexity index is 778. The van der Waals surface area contributed by atoms with Crippen molar-refractivity contribution in [2.45, 2.75) is 44.6 Å². The minimum Gasteiger partial charge on any atom is -0.381 e. The fraction of sp³-hybridized carbons (Fsp3) is 0.542. The molecule has 0 spiro atoms. The zero-order chi connectivity index (χ0) is 20.8. The van der Waals surface area contributed by atoms with E-state index in [1.54, 1.807) is 0 Å². The first-order chi connectivity index (χ1) is 14.7. The number of nitrogens with one attached hydrogen (secondary N) is 1. The number of halogens is 2. The Morgan fingerprint density at radius 2 is 1.77 bits per heavy atom. The summed E-state index contributed by atoms with van der Waals surface area (Å²) in [5, 5.41) is 3.59. The highest BCUT2D eigenvalue weighted by atomic mass is 19.3. The molecule has 4 nitrogen and oxygen atoms in total. The van der Waals surface area contributed by atoms with Crippen molar-refractivity contribution in [3.8, 4) is 0 Å². The normalized spacial score (nSPS) is 23.0. The average molecular weight is 415 g/mol. The number of benzene rings is 1. The van der Waals surface area contributed by atoms with E-state index in [0.29, 0.717) is 12.8 Å². The van der Waals surface area contributed by atoms with Crippen LogP contribution in [0.4, 0.5) is 20.2 Å². The van der Waals surface area contributed by atoms with E-state index in [9.17, 15) is 8.78 Å². The first kappa shape index (κ1) is 21.0. The van der Waals surface area contributed by atoms with Gasteiger partial charge in [0.1, 0.15) is 0 Å². The Hall–Kier alpha value is -2.21. The number of alkyl halides is 2. The van der Waals surface area contributed by atoms with Gasteiger partial charge in [0.05, 0.1) is 11.4 Å². The number of hydrogen-bond acceptors (Lipinski definition) is 4. The van der Waals surface area contributed by atoms with Gasteiger partial charge in [0.25, 0.3) is 0 Å². The van der Waals surface area contributed by atoms with Gasteiger partial charge in [-0.1, -0.05) is 18.6 Å². The van der Waals surface area contributed by atoms with Gasteiger partial charge in [-0.25, -0.2) is 8.78 Å². The molecule has 2 aromatic rings. The van der Waals surface area contributed by atoms with Crippen LogP contribution in [0.25, 0.3) is 0 Å². The van der Waals surface area contributed by atoms with Crippen LogP contribution >= 0.6 is 0 Å². The lowest BCUT2D eigenvalue weighted by Crippen LogP contribution is -2.47. The van der Waals surface area contributed by atoms with Crippen LogP contribution < -0.4 is 10.2 Å². The fourth-order valence-electron chi connectivity index (χ4n) is 4.73. The van der Waals surface area contributed by atoms with E-state index in [1.165, 1.54) is 11.3 Å². The molecule has 1 aliphatic heterocycles. The molecule has 0 amide bonds. The van der Waals surface area contributed by atoms with Gasteiger partial charge >= 0.3 is 0 Å². The highest BCUT2D eigenvalue weighted by Crippen LogP contribution is 2.33. The largest absolute Gasteiger partial charge is 0.381 e. The van der Waals surface area contributed by atoms with Gasteiger partial charge in [-0.2, -0.15) is 0 Å². The molecular weight excluding hydrogens is 382 g/mol. The second-order valence-electron chi connectivity index (χ2n) is 8.55. The molecule has 0 radical (unpaired) electrons. The average Bonchev–Trinajstić information content (AvgIpc) is 2.79. The molecule has 0 bridgehead atoms. The number of para-hydroxylation sites is 2. The lowest BCUT2D eigenvalue weighted by atomic mass is 9.86. The summed E-state index contributed by atoms with van der Waals surface area (Å²) in [4.78, 5) is 9.03. The molecule has 6 heteroatoms. The number of hydrogen-bond donors (Lipinski definition) is 1. The third-order valence-electron chi connectivity index (χ3n) is 6.51. The Labute approximate surface area is 178 Å². The predicted octanol–water partition coefficient (Wildman–Crippen LogP) is 4.68. The lowest BCUT2D eigenvalue weighted by molar-refractivity contribution is 0.0535. The SMILES string of the molecule is FC(F)C1CCCC(Nc2ccccc2N2CCN(CCc3ccncc3)CC2)C1. The van der Waals surface area contributed by atoms with Crippen LogP contribution in [0.3, 0.4) is 0 Å². The molecule has 1 aromatic carbocycles. The van der Waals surface area contributed by atoms with Crippen LogP contribution in [-0.2, 0) is 6.42 Å². The van der Waals surface area contributed by atoms with Crippen molar-refractivity contribution in [1.29, 1.82) is 0 Å². The molecule has 2 fully saturated rings. The molecule has 1 aliphatic carbocycles. The minimum absolute atomic E-state index is 0.139. The van der Waals surface area contributed by atoms with Crippen molar-refractivity contribution in [1.82, 2.24) is 9.88 Å². The number of pyridine rings is 1. The van der Waals surface area contributed by atoms with Crippen molar-refractivity contribution in [2.24, 2.45) is 5.92 Å². The summed E-state index contributed by atoms with van der Waals surface area (Å²) in [5.74, 6) is -0.465. The molecule has 30 heavy (non-hydrogen) atoms. The second kappa shape index (κ2) is 10.2. The lowest BCUT2D eigenvalue weighted by Gasteiger charge is -2.38.